The van der Waals surface area contributed by atoms with Crippen LogP contribution < -0.4 is 0 Å². The smallest absolute Gasteiger partial charge is 0.304 e. The minimum atomic E-state index is -0.695. The fourth-order valence-electron chi connectivity index (χ4n) is 2.54. The maximum atomic E-state index is 10.8. The van der Waals surface area contributed by atoms with Gasteiger partial charge in [0.2, 0.25) is 0 Å². The van der Waals surface area contributed by atoms with Crippen molar-refractivity contribution < 1.29 is 14.6 Å². The largest absolute Gasteiger partial charge is 0.481 e. The van der Waals surface area contributed by atoms with E-state index in [9.17, 15) is 4.79 Å². The normalized spacial score (nSPS) is 21.9. The van der Waals surface area contributed by atoms with E-state index in [-0.39, 0.29) is 11.8 Å². The lowest BCUT2D eigenvalue weighted by Gasteiger charge is -2.26. The van der Waals surface area contributed by atoms with E-state index in [1.54, 1.807) is 0 Å². The third kappa shape index (κ3) is 1.95. The van der Waals surface area contributed by atoms with Gasteiger partial charge in [0.05, 0.1) is 19.6 Å². The molecule has 1 aliphatic heterocycles. The zero-order valence-corrected chi connectivity index (χ0v) is 9.69. The molecule has 1 saturated heterocycles. The maximum Gasteiger partial charge on any atom is 0.304 e. The summed E-state index contributed by atoms with van der Waals surface area (Å²) in [5.74, 6) is -0.155. The molecule has 90 valence electrons. The van der Waals surface area contributed by atoms with Crippen LogP contribution in [-0.2, 0) is 14.9 Å². The molecule has 0 atom stereocenters. The van der Waals surface area contributed by atoms with E-state index in [4.69, 9.17) is 9.84 Å². The summed E-state index contributed by atoms with van der Waals surface area (Å²) >= 11 is 0. The molecule has 0 radical (unpaired) electrons. The highest BCUT2D eigenvalue weighted by Gasteiger charge is 2.45. The van der Waals surface area contributed by atoms with Gasteiger partial charge in [-0.05, 0) is 24.0 Å². The topological polar surface area (TPSA) is 46.5 Å². The highest BCUT2D eigenvalue weighted by atomic mass is 16.5. The zero-order chi connectivity index (χ0) is 11.9. The standard InChI is InChI=1S/C14H16O3/c15-13(16)7-14(5-6-14)12-3-1-10(2-4-12)11-8-17-9-11/h1-4,11H,5-9H2,(H,15,16). The first-order chi connectivity index (χ1) is 8.20. The summed E-state index contributed by atoms with van der Waals surface area (Å²) in [4.78, 5) is 10.8. The van der Waals surface area contributed by atoms with Gasteiger partial charge in [-0.25, -0.2) is 0 Å². The van der Waals surface area contributed by atoms with Crippen molar-refractivity contribution >= 4 is 5.97 Å². The van der Waals surface area contributed by atoms with Crippen molar-refractivity contribution in [2.24, 2.45) is 0 Å². The van der Waals surface area contributed by atoms with E-state index in [1.807, 2.05) is 0 Å². The molecule has 1 aromatic rings. The van der Waals surface area contributed by atoms with Crippen molar-refractivity contribution in [3.8, 4) is 0 Å². The Morgan fingerprint density at radius 2 is 1.94 bits per heavy atom. The van der Waals surface area contributed by atoms with Gasteiger partial charge >= 0.3 is 5.97 Å². The first-order valence-corrected chi connectivity index (χ1v) is 6.10. The molecule has 0 unspecified atom stereocenters. The average molecular weight is 232 g/mol. The fourth-order valence-corrected chi connectivity index (χ4v) is 2.54. The number of aliphatic carboxylic acids is 1. The minimum Gasteiger partial charge on any atom is -0.481 e. The van der Waals surface area contributed by atoms with Crippen LogP contribution in [0.2, 0.25) is 0 Å². The maximum absolute atomic E-state index is 10.8. The average Bonchev–Trinajstić information content (AvgIpc) is 2.96. The molecule has 0 amide bonds. The molecule has 1 heterocycles. The van der Waals surface area contributed by atoms with Gasteiger partial charge in [0, 0.05) is 11.3 Å². The van der Waals surface area contributed by atoms with Crippen molar-refractivity contribution in [3.05, 3.63) is 35.4 Å². The Hall–Kier alpha value is -1.35. The first-order valence-electron chi connectivity index (χ1n) is 6.10. The van der Waals surface area contributed by atoms with Crippen LogP contribution in [-0.4, -0.2) is 24.3 Å². The quantitative estimate of drug-likeness (QED) is 0.866. The van der Waals surface area contributed by atoms with Crippen LogP contribution in [0, 0.1) is 0 Å². The lowest BCUT2D eigenvalue weighted by Crippen LogP contribution is -2.25. The molecule has 2 fully saturated rings. The molecule has 3 nitrogen and oxygen atoms in total. The predicted molar refractivity (Wildman–Crippen MR) is 63.2 cm³/mol. The molecule has 1 N–H and O–H groups in total. The fraction of sp³-hybridized carbons (Fsp3) is 0.500. The molecule has 0 aromatic heterocycles. The highest BCUT2D eigenvalue weighted by molar-refractivity contribution is 5.70. The monoisotopic (exact) mass is 232 g/mol. The first kappa shape index (κ1) is 10.8. The second kappa shape index (κ2) is 3.84. The van der Waals surface area contributed by atoms with Crippen LogP contribution in [0.5, 0.6) is 0 Å². The Balaban J connectivity index is 1.77. The van der Waals surface area contributed by atoms with Gasteiger partial charge in [-0.1, -0.05) is 24.3 Å². The summed E-state index contributed by atoms with van der Waals surface area (Å²) in [6.45, 7) is 1.64. The Labute approximate surface area is 100 Å². The van der Waals surface area contributed by atoms with Gasteiger partial charge in [0.15, 0.2) is 0 Å². The van der Waals surface area contributed by atoms with Gasteiger partial charge in [0.1, 0.15) is 0 Å². The third-order valence-corrected chi connectivity index (χ3v) is 3.98. The Morgan fingerprint density at radius 3 is 2.35 bits per heavy atom. The summed E-state index contributed by atoms with van der Waals surface area (Å²) in [6, 6.07) is 8.46. The molecule has 3 rings (SSSR count). The molecule has 1 aromatic carbocycles. The Morgan fingerprint density at radius 1 is 1.29 bits per heavy atom. The summed E-state index contributed by atoms with van der Waals surface area (Å²) < 4.78 is 5.17. The molecule has 1 saturated carbocycles. The van der Waals surface area contributed by atoms with Crippen LogP contribution in [0.3, 0.4) is 0 Å². The number of ether oxygens (including phenoxy) is 1. The molecule has 17 heavy (non-hydrogen) atoms. The van der Waals surface area contributed by atoms with Crippen LogP contribution in [0.25, 0.3) is 0 Å². The van der Waals surface area contributed by atoms with Gasteiger partial charge in [0.25, 0.3) is 0 Å². The van der Waals surface area contributed by atoms with Crippen LogP contribution >= 0.6 is 0 Å². The second-order valence-corrected chi connectivity index (χ2v) is 5.21. The van der Waals surface area contributed by atoms with E-state index in [0.717, 1.165) is 26.1 Å². The minimum absolute atomic E-state index is 0.0690. The predicted octanol–water partition coefficient (Wildman–Crippen LogP) is 2.31. The van der Waals surface area contributed by atoms with E-state index in [0.29, 0.717) is 5.92 Å². The summed E-state index contributed by atoms with van der Waals surface area (Å²) in [5.41, 5.74) is 2.43. The van der Waals surface area contributed by atoms with Crippen molar-refractivity contribution in [2.45, 2.75) is 30.6 Å². The lowest BCUT2D eigenvalue weighted by molar-refractivity contribution is -0.137. The van der Waals surface area contributed by atoms with E-state index in [2.05, 4.69) is 24.3 Å². The SMILES string of the molecule is O=C(O)CC1(c2ccc(C3COC3)cc2)CC1. The van der Waals surface area contributed by atoms with Gasteiger partial charge in [-0.2, -0.15) is 0 Å². The number of benzene rings is 1. The number of hydrogen-bond donors (Lipinski definition) is 1. The number of hydrogen-bond acceptors (Lipinski definition) is 2. The van der Waals surface area contributed by atoms with Crippen LogP contribution in [0.4, 0.5) is 0 Å². The van der Waals surface area contributed by atoms with Crippen LogP contribution in [0.15, 0.2) is 24.3 Å². The van der Waals surface area contributed by atoms with Gasteiger partial charge < -0.3 is 9.84 Å². The Bertz CT molecular complexity index is 427. The second-order valence-electron chi connectivity index (χ2n) is 5.21. The highest BCUT2D eigenvalue weighted by Crippen LogP contribution is 2.51. The van der Waals surface area contributed by atoms with Crippen molar-refractivity contribution in [1.29, 1.82) is 0 Å². The summed E-state index contributed by atoms with van der Waals surface area (Å²) in [7, 11) is 0. The van der Waals surface area contributed by atoms with Gasteiger partial charge in [-0.3, -0.25) is 4.79 Å². The van der Waals surface area contributed by atoms with Crippen molar-refractivity contribution in [2.75, 3.05) is 13.2 Å². The molecular formula is C14H16O3. The van der Waals surface area contributed by atoms with Crippen molar-refractivity contribution in [3.63, 3.8) is 0 Å². The third-order valence-electron chi connectivity index (χ3n) is 3.98. The molecule has 3 heteroatoms. The number of carboxylic acid groups (broad SMARTS) is 1. The van der Waals surface area contributed by atoms with Gasteiger partial charge in [-0.15, -0.1) is 0 Å². The van der Waals surface area contributed by atoms with Crippen molar-refractivity contribution in [1.82, 2.24) is 0 Å². The molecule has 1 aliphatic carbocycles. The molecular weight excluding hydrogens is 216 g/mol. The molecule has 0 spiro atoms. The Kier molecular flexibility index (Phi) is 2.44. The van der Waals surface area contributed by atoms with E-state index >= 15 is 0 Å². The number of carbonyl (C=O) groups is 1. The number of rotatable bonds is 4. The lowest BCUT2D eigenvalue weighted by atomic mass is 9.89. The van der Waals surface area contributed by atoms with E-state index in [1.165, 1.54) is 11.1 Å². The number of carboxylic acids is 1. The zero-order valence-electron chi connectivity index (χ0n) is 9.69. The molecule has 2 aliphatic rings. The van der Waals surface area contributed by atoms with E-state index < -0.39 is 5.97 Å². The summed E-state index contributed by atoms with van der Waals surface area (Å²) in [5, 5.41) is 8.92. The van der Waals surface area contributed by atoms with Crippen LogP contribution in [0.1, 0.15) is 36.3 Å². The molecule has 0 bridgehead atoms. The summed E-state index contributed by atoms with van der Waals surface area (Å²) in [6.07, 6.45) is 2.27.